The maximum atomic E-state index is 4.50. The summed E-state index contributed by atoms with van der Waals surface area (Å²) in [5, 5.41) is 12.9. The Morgan fingerprint density at radius 2 is 1.72 bits per heavy atom. The maximum absolute atomic E-state index is 4.50. The van der Waals surface area contributed by atoms with E-state index in [1.54, 1.807) is 0 Å². The van der Waals surface area contributed by atoms with Crippen molar-refractivity contribution in [2.45, 2.75) is 71.0 Å². The summed E-state index contributed by atoms with van der Waals surface area (Å²) in [6, 6.07) is 11.8. The van der Waals surface area contributed by atoms with Crippen molar-refractivity contribution in [1.82, 2.24) is 30.0 Å². The van der Waals surface area contributed by atoms with Gasteiger partial charge >= 0.3 is 0 Å². The predicted molar refractivity (Wildman–Crippen MR) is 116 cm³/mol. The highest BCUT2D eigenvalue weighted by molar-refractivity contribution is 5.14. The average molecular weight is 397 g/mol. The van der Waals surface area contributed by atoms with Crippen LogP contribution in [0, 0.1) is 5.92 Å². The van der Waals surface area contributed by atoms with E-state index in [1.165, 1.54) is 44.3 Å². The minimum absolute atomic E-state index is 0.312. The number of hydrogen-bond acceptors (Lipinski definition) is 5. The van der Waals surface area contributed by atoms with Gasteiger partial charge in [-0.3, -0.25) is 9.80 Å². The molecule has 2 fully saturated rings. The molecule has 1 atom stereocenters. The molecule has 0 N–H and O–H groups in total. The van der Waals surface area contributed by atoms with E-state index in [9.17, 15) is 0 Å². The quantitative estimate of drug-likeness (QED) is 0.683. The number of aryl methyl sites for hydroxylation is 2. The first-order chi connectivity index (χ1) is 14.2. The molecular formula is C23H36N6. The molecule has 0 radical (unpaired) electrons. The van der Waals surface area contributed by atoms with Gasteiger partial charge in [-0.2, -0.15) is 0 Å². The molecule has 2 aromatic rings. The molecular weight excluding hydrogens is 360 g/mol. The van der Waals surface area contributed by atoms with Crippen LogP contribution in [0.5, 0.6) is 0 Å². The van der Waals surface area contributed by atoms with Crippen LogP contribution in [0.25, 0.3) is 0 Å². The molecule has 29 heavy (non-hydrogen) atoms. The number of aromatic nitrogens is 4. The summed E-state index contributed by atoms with van der Waals surface area (Å²) in [4.78, 5) is 5.37. The second kappa shape index (κ2) is 9.81. The van der Waals surface area contributed by atoms with Gasteiger partial charge in [0.2, 0.25) is 0 Å². The number of rotatable bonds is 8. The molecule has 1 aromatic carbocycles. The highest BCUT2D eigenvalue weighted by atomic mass is 15.6. The van der Waals surface area contributed by atoms with Crippen LogP contribution < -0.4 is 0 Å². The van der Waals surface area contributed by atoms with Crippen molar-refractivity contribution >= 4 is 0 Å². The van der Waals surface area contributed by atoms with Crippen LogP contribution in [-0.4, -0.2) is 62.2 Å². The Morgan fingerprint density at radius 3 is 2.41 bits per heavy atom. The number of tetrazole rings is 1. The Hall–Kier alpha value is -1.79. The SMILES string of the molecule is CC(C)CC(c1nnnn1CCc1ccccc1)N1CCN(C2CCCC2)CC1. The summed E-state index contributed by atoms with van der Waals surface area (Å²) in [5.74, 6) is 1.66. The number of benzene rings is 1. The minimum Gasteiger partial charge on any atom is -0.298 e. The molecule has 1 unspecified atom stereocenters. The van der Waals surface area contributed by atoms with Crippen LogP contribution >= 0.6 is 0 Å². The van der Waals surface area contributed by atoms with E-state index in [2.05, 4.69) is 69.5 Å². The van der Waals surface area contributed by atoms with Crippen LogP contribution in [-0.2, 0) is 13.0 Å². The second-order valence-corrected chi connectivity index (χ2v) is 9.15. The molecule has 1 aliphatic heterocycles. The van der Waals surface area contributed by atoms with Crippen molar-refractivity contribution in [1.29, 1.82) is 0 Å². The Balaban J connectivity index is 1.42. The first kappa shape index (κ1) is 20.5. The van der Waals surface area contributed by atoms with E-state index in [1.807, 2.05) is 4.68 Å². The normalized spacial score (nSPS) is 20.5. The van der Waals surface area contributed by atoms with Gasteiger partial charge in [0.05, 0.1) is 6.04 Å². The fourth-order valence-corrected chi connectivity index (χ4v) is 5.04. The first-order valence-electron chi connectivity index (χ1n) is 11.5. The first-order valence-corrected chi connectivity index (χ1v) is 11.5. The number of hydrogen-bond donors (Lipinski definition) is 0. The molecule has 6 heteroatoms. The fourth-order valence-electron chi connectivity index (χ4n) is 5.04. The van der Waals surface area contributed by atoms with Gasteiger partial charge in [0.1, 0.15) is 0 Å². The van der Waals surface area contributed by atoms with Gasteiger partial charge in [0, 0.05) is 38.8 Å². The van der Waals surface area contributed by atoms with E-state index in [4.69, 9.17) is 0 Å². The molecule has 0 amide bonds. The number of piperazine rings is 1. The Labute approximate surface area is 175 Å². The van der Waals surface area contributed by atoms with Crippen molar-refractivity contribution in [3.05, 3.63) is 41.7 Å². The lowest BCUT2D eigenvalue weighted by Gasteiger charge is -2.41. The second-order valence-electron chi connectivity index (χ2n) is 9.15. The zero-order valence-electron chi connectivity index (χ0n) is 18.1. The lowest BCUT2D eigenvalue weighted by molar-refractivity contribution is 0.0586. The lowest BCUT2D eigenvalue weighted by Crippen LogP contribution is -2.51. The zero-order valence-corrected chi connectivity index (χ0v) is 18.1. The molecule has 1 aromatic heterocycles. The Kier molecular flexibility index (Phi) is 6.93. The molecule has 1 saturated heterocycles. The fraction of sp³-hybridized carbons (Fsp3) is 0.696. The molecule has 2 aliphatic rings. The van der Waals surface area contributed by atoms with Crippen LogP contribution in [0.3, 0.4) is 0 Å². The van der Waals surface area contributed by atoms with Crippen molar-refractivity contribution in [3.8, 4) is 0 Å². The summed E-state index contributed by atoms with van der Waals surface area (Å²) in [5.41, 5.74) is 1.33. The summed E-state index contributed by atoms with van der Waals surface area (Å²) >= 11 is 0. The van der Waals surface area contributed by atoms with Gasteiger partial charge in [-0.25, -0.2) is 4.68 Å². The largest absolute Gasteiger partial charge is 0.298 e. The van der Waals surface area contributed by atoms with Crippen molar-refractivity contribution in [2.24, 2.45) is 5.92 Å². The zero-order chi connectivity index (χ0) is 20.1. The molecule has 0 bridgehead atoms. The van der Waals surface area contributed by atoms with Crippen LogP contribution in [0.1, 0.15) is 63.4 Å². The van der Waals surface area contributed by atoms with Crippen molar-refractivity contribution in [3.63, 3.8) is 0 Å². The number of nitrogens with zero attached hydrogens (tertiary/aromatic N) is 6. The third kappa shape index (κ3) is 5.23. The van der Waals surface area contributed by atoms with E-state index >= 15 is 0 Å². The maximum Gasteiger partial charge on any atom is 0.168 e. The average Bonchev–Trinajstić information content (AvgIpc) is 3.43. The van der Waals surface area contributed by atoms with Crippen LogP contribution in [0.15, 0.2) is 30.3 Å². The topological polar surface area (TPSA) is 50.1 Å². The molecule has 6 nitrogen and oxygen atoms in total. The molecule has 1 saturated carbocycles. The van der Waals surface area contributed by atoms with Crippen LogP contribution in [0.4, 0.5) is 0 Å². The third-order valence-corrected chi connectivity index (χ3v) is 6.64. The predicted octanol–water partition coefficient (Wildman–Crippen LogP) is 3.56. The molecule has 0 spiro atoms. The highest BCUT2D eigenvalue weighted by Crippen LogP contribution is 2.30. The Morgan fingerprint density at radius 1 is 1.00 bits per heavy atom. The summed E-state index contributed by atoms with van der Waals surface area (Å²) in [6.07, 6.45) is 7.69. The van der Waals surface area contributed by atoms with E-state index in [-0.39, 0.29) is 0 Å². The highest BCUT2D eigenvalue weighted by Gasteiger charge is 2.32. The van der Waals surface area contributed by atoms with Gasteiger partial charge < -0.3 is 0 Å². The summed E-state index contributed by atoms with van der Waals surface area (Å²) < 4.78 is 2.05. The van der Waals surface area contributed by atoms with Gasteiger partial charge in [-0.1, -0.05) is 57.0 Å². The molecule has 158 valence electrons. The third-order valence-electron chi connectivity index (χ3n) is 6.64. The molecule has 2 heterocycles. The van der Waals surface area contributed by atoms with Gasteiger partial charge in [-0.15, -0.1) is 5.10 Å². The van der Waals surface area contributed by atoms with E-state index < -0.39 is 0 Å². The monoisotopic (exact) mass is 396 g/mol. The Bertz CT molecular complexity index is 729. The van der Waals surface area contributed by atoms with Gasteiger partial charge in [-0.05, 0) is 47.6 Å². The van der Waals surface area contributed by atoms with Crippen LogP contribution in [0.2, 0.25) is 0 Å². The van der Waals surface area contributed by atoms with Gasteiger partial charge in [0.25, 0.3) is 0 Å². The summed E-state index contributed by atoms with van der Waals surface area (Å²) in [7, 11) is 0. The van der Waals surface area contributed by atoms with E-state index in [0.717, 1.165) is 44.3 Å². The van der Waals surface area contributed by atoms with Crippen molar-refractivity contribution < 1.29 is 0 Å². The van der Waals surface area contributed by atoms with Crippen molar-refractivity contribution in [2.75, 3.05) is 26.2 Å². The lowest BCUT2D eigenvalue weighted by atomic mass is 10.0. The summed E-state index contributed by atoms with van der Waals surface area (Å²) in [6.45, 7) is 10.1. The standard InChI is InChI=1S/C23H36N6/c1-19(2)18-22(28-16-14-27(15-17-28)21-10-6-7-11-21)23-24-25-26-29(23)13-12-20-8-4-3-5-9-20/h3-5,8-9,19,21-22H,6-7,10-18H2,1-2H3. The molecule has 4 rings (SSSR count). The smallest absolute Gasteiger partial charge is 0.168 e. The van der Waals surface area contributed by atoms with E-state index in [0.29, 0.717) is 12.0 Å². The minimum atomic E-state index is 0.312. The molecule has 1 aliphatic carbocycles. The van der Waals surface area contributed by atoms with Gasteiger partial charge in [0.15, 0.2) is 5.82 Å².